The molecule has 0 aromatic rings. The van der Waals surface area contributed by atoms with Crippen LogP contribution in [0.15, 0.2) is 0 Å². The van der Waals surface area contributed by atoms with Crippen LogP contribution >= 0.6 is 0 Å². The molecule has 6 unspecified atom stereocenters. The number of esters is 2. The van der Waals surface area contributed by atoms with E-state index < -0.39 is 0 Å². The lowest BCUT2D eigenvalue weighted by Gasteiger charge is -2.35. The van der Waals surface area contributed by atoms with Crippen molar-refractivity contribution in [3.63, 3.8) is 0 Å². The molecule has 6 atom stereocenters. The van der Waals surface area contributed by atoms with Crippen LogP contribution in [0.5, 0.6) is 0 Å². The molecule has 108 valence electrons. The van der Waals surface area contributed by atoms with Crippen LogP contribution in [0.1, 0.15) is 40.0 Å². The van der Waals surface area contributed by atoms with Gasteiger partial charge in [-0.15, -0.1) is 0 Å². The summed E-state index contributed by atoms with van der Waals surface area (Å²) in [6.07, 6.45) is 2.16. The summed E-state index contributed by atoms with van der Waals surface area (Å²) in [4.78, 5) is 22.8. The van der Waals surface area contributed by atoms with Crippen LogP contribution in [0.4, 0.5) is 0 Å². The van der Waals surface area contributed by atoms with Gasteiger partial charge in [-0.1, -0.05) is 13.8 Å². The topological polar surface area (TPSA) is 52.6 Å². The molecule has 2 fully saturated rings. The third-order valence-corrected chi connectivity index (χ3v) is 5.34. The van der Waals surface area contributed by atoms with Crippen molar-refractivity contribution in [2.45, 2.75) is 46.1 Å². The molecule has 2 aliphatic rings. The van der Waals surface area contributed by atoms with Crippen LogP contribution in [-0.2, 0) is 19.1 Å². The largest absolute Gasteiger partial charge is 0.469 e. The molecule has 19 heavy (non-hydrogen) atoms. The summed E-state index contributed by atoms with van der Waals surface area (Å²) in [6.45, 7) is 6.00. The second-order valence-corrected chi connectivity index (χ2v) is 6.21. The summed E-state index contributed by atoms with van der Waals surface area (Å²) in [7, 11) is 1.37. The highest BCUT2D eigenvalue weighted by Gasteiger charge is 2.51. The fourth-order valence-corrected chi connectivity index (χ4v) is 4.17. The summed E-state index contributed by atoms with van der Waals surface area (Å²) >= 11 is 0. The predicted molar refractivity (Wildman–Crippen MR) is 70.2 cm³/mol. The molecule has 0 amide bonds. The average molecular weight is 268 g/mol. The minimum Gasteiger partial charge on any atom is -0.469 e. The second kappa shape index (κ2) is 5.51. The molecule has 2 saturated carbocycles. The average Bonchev–Trinajstić information content (AvgIpc) is 2.89. The van der Waals surface area contributed by atoms with Gasteiger partial charge in [0.2, 0.25) is 0 Å². The zero-order valence-corrected chi connectivity index (χ0v) is 12.2. The second-order valence-electron chi connectivity index (χ2n) is 6.21. The fraction of sp³-hybridized carbons (Fsp3) is 0.867. The Labute approximate surface area is 114 Å². The van der Waals surface area contributed by atoms with Gasteiger partial charge < -0.3 is 9.47 Å². The number of carbonyl (C=O) groups excluding carboxylic acids is 2. The highest BCUT2D eigenvalue weighted by Crippen LogP contribution is 2.56. The Balaban J connectivity index is 2.07. The molecule has 0 aromatic heterocycles. The van der Waals surface area contributed by atoms with Crippen LogP contribution in [0.2, 0.25) is 0 Å². The minimum absolute atomic E-state index is 0.186. The highest BCUT2D eigenvalue weighted by molar-refractivity contribution is 5.71. The summed E-state index contributed by atoms with van der Waals surface area (Å²) in [5.74, 6) is 2.41. The van der Waals surface area contributed by atoms with Crippen LogP contribution < -0.4 is 0 Å². The van der Waals surface area contributed by atoms with Crippen molar-refractivity contribution in [3.05, 3.63) is 0 Å². The molecular formula is C15H24O4. The van der Waals surface area contributed by atoms with Crippen molar-refractivity contribution < 1.29 is 19.1 Å². The monoisotopic (exact) mass is 268 g/mol. The standard InChI is InChI=1S/C15H24O4/c1-8-9(2)12-5-11(8)6-13(12)14(19-10(3)16)7-15(17)18-4/h8-9,11-14H,5-7H2,1-4H3. The van der Waals surface area contributed by atoms with Gasteiger partial charge in [-0.25, -0.2) is 0 Å². The zero-order chi connectivity index (χ0) is 14.2. The SMILES string of the molecule is COC(=O)CC(OC(C)=O)C1CC2CC1C(C)C2C. The fourth-order valence-electron chi connectivity index (χ4n) is 4.17. The van der Waals surface area contributed by atoms with Crippen molar-refractivity contribution in [3.8, 4) is 0 Å². The van der Waals surface area contributed by atoms with E-state index in [0.717, 1.165) is 18.3 Å². The first-order valence-corrected chi connectivity index (χ1v) is 7.18. The van der Waals surface area contributed by atoms with E-state index in [9.17, 15) is 9.59 Å². The Morgan fingerprint density at radius 1 is 1.21 bits per heavy atom. The molecule has 2 aliphatic carbocycles. The van der Waals surface area contributed by atoms with Crippen LogP contribution in [0, 0.1) is 29.6 Å². The van der Waals surface area contributed by atoms with Crippen molar-refractivity contribution in [1.29, 1.82) is 0 Å². The van der Waals surface area contributed by atoms with E-state index in [1.807, 2.05) is 0 Å². The van der Waals surface area contributed by atoms with Gasteiger partial charge in [0.25, 0.3) is 0 Å². The van der Waals surface area contributed by atoms with Gasteiger partial charge in [0.05, 0.1) is 13.5 Å². The van der Waals surface area contributed by atoms with E-state index in [-0.39, 0.29) is 24.5 Å². The molecule has 0 N–H and O–H groups in total. The first-order valence-electron chi connectivity index (χ1n) is 7.18. The molecule has 0 aliphatic heterocycles. The van der Waals surface area contributed by atoms with Crippen LogP contribution in [0.25, 0.3) is 0 Å². The molecular weight excluding hydrogens is 244 g/mol. The molecule has 0 heterocycles. The number of ether oxygens (including phenoxy) is 2. The Morgan fingerprint density at radius 2 is 1.89 bits per heavy atom. The first kappa shape index (κ1) is 14.4. The van der Waals surface area contributed by atoms with Gasteiger partial charge in [-0.2, -0.15) is 0 Å². The zero-order valence-electron chi connectivity index (χ0n) is 12.2. The van der Waals surface area contributed by atoms with E-state index in [4.69, 9.17) is 9.47 Å². The molecule has 0 saturated heterocycles. The number of fused-ring (bicyclic) bond motifs is 2. The number of carbonyl (C=O) groups is 2. The molecule has 2 bridgehead atoms. The minimum atomic E-state index is -0.310. The molecule has 4 heteroatoms. The summed E-state index contributed by atoms with van der Waals surface area (Å²) in [5.41, 5.74) is 0. The lowest BCUT2D eigenvalue weighted by Crippen LogP contribution is -2.36. The van der Waals surface area contributed by atoms with E-state index in [0.29, 0.717) is 17.8 Å². The Bertz CT molecular complexity index is 363. The number of rotatable bonds is 4. The number of hydrogen-bond acceptors (Lipinski definition) is 4. The normalized spacial score (nSPS) is 38.0. The van der Waals surface area contributed by atoms with E-state index in [1.165, 1.54) is 20.5 Å². The van der Waals surface area contributed by atoms with Gasteiger partial charge in [-0.3, -0.25) is 9.59 Å². The lowest BCUT2D eigenvalue weighted by atomic mass is 9.73. The predicted octanol–water partition coefficient (Wildman–Crippen LogP) is 2.41. The quantitative estimate of drug-likeness (QED) is 0.735. The summed E-state index contributed by atoms with van der Waals surface area (Å²) < 4.78 is 10.1. The van der Waals surface area contributed by atoms with Crippen LogP contribution in [-0.4, -0.2) is 25.2 Å². The number of hydrogen-bond donors (Lipinski definition) is 0. The van der Waals surface area contributed by atoms with Crippen LogP contribution in [0.3, 0.4) is 0 Å². The molecule has 4 nitrogen and oxygen atoms in total. The highest BCUT2D eigenvalue weighted by atomic mass is 16.6. The third-order valence-electron chi connectivity index (χ3n) is 5.34. The smallest absolute Gasteiger partial charge is 0.309 e. The maximum Gasteiger partial charge on any atom is 0.309 e. The summed E-state index contributed by atoms with van der Waals surface area (Å²) in [5, 5.41) is 0. The number of methoxy groups -OCH3 is 1. The maximum absolute atomic E-state index is 11.5. The Hall–Kier alpha value is -1.06. The Morgan fingerprint density at radius 3 is 2.37 bits per heavy atom. The molecule has 0 radical (unpaired) electrons. The van der Waals surface area contributed by atoms with E-state index >= 15 is 0 Å². The Kier molecular flexibility index (Phi) is 4.16. The van der Waals surface area contributed by atoms with Gasteiger partial charge >= 0.3 is 11.9 Å². The summed E-state index contributed by atoms with van der Waals surface area (Å²) in [6, 6.07) is 0. The van der Waals surface area contributed by atoms with E-state index in [1.54, 1.807) is 0 Å². The third kappa shape index (κ3) is 2.77. The maximum atomic E-state index is 11.5. The van der Waals surface area contributed by atoms with Gasteiger partial charge in [0.15, 0.2) is 0 Å². The van der Waals surface area contributed by atoms with Gasteiger partial charge in [0.1, 0.15) is 6.10 Å². The van der Waals surface area contributed by atoms with E-state index in [2.05, 4.69) is 13.8 Å². The van der Waals surface area contributed by atoms with Crippen molar-refractivity contribution in [1.82, 2.24) is 0 Å². The first-order chi connectivity index (χ1) is 8.93. The van der Waals surface area contributed by atoms with Crippen molar-refractivity contribution >= 4 is 11.9 Å². The molecule has 0 aromatic carbocycles. The molecule has 2 rings (SSSR count). The van der Waals surface area contributed by atoms with Gasteiger partial charge in [-0.05, 0) is 42.4 Å². The molecule has 0 spiro atoms. The van der Waals surface area contributed by atoms with Crippen molar-refractivity contribution in [2.75, 3.05) is 7.11 Å². The lowest BCUT2D eigenvalue weighted by molar-refractivity contribution is -0.157. The van der Waals surface area contributed by atoms with Crippen molar-refractivity contribution in [2.24, 2.45) is 29.6 Å². The van der Waals surface area contributed by atoms with Gasteiger partial charge in [0, 0.05) is 6.92 Å².